The Morgan fingerprint density at radius 1 is 0.773 bits per heavy atom. The molecule has 0 amide bonds. The van der Waals surface area contributed by atoms with E-state index in [-0.39, 0.29) is 30.1 Å². The molecule has 1 saturated heterocycles. The molecule has 0 spiro atoms. The maximum absolute atomic E-state index is 12.3. The number of unbranched alkanes of at least 4 members (excludes halogenated alkanes) is 15. The first-order valence-electron chi connectivity index (χ1n) is 16.6. The van der Waals surface area contributed by atoms with Crippen LogP contribution in [0.15, 0.2) is 33.5 Å². The number of benzene rings is 1. The summed E-state index contributed by atoms with van der Waals surface area (Å²) in [6.07, 6.45) is 12.7. The van der Waals surface area contributed by atoms with Gasteiger partial charge in [0.15, 0.2) is 11.5 Å². The number of phenols is 1. The van der Waals surface area contributed by atoms with E-state index >= 15 is 0 Å². The molecule has 1 fully saturated rings. The zero-order valence-electron chi connectivity index (χ0n) is 26.2. The maximum Gasteiger partial charge on any atom is 0.336 e. The van der Waals surface area contributed by atoms with E-state index in [1.807, 2.05) is 0 Å². The predicted octanol–water partition coefficient (Wildman–Crippen LogP) is 5.88. The first-order valence-corrected chi connectivity index (χ1v) is 16.6. The number of esters is 1. The van der Waals surface area contributed by atoms with Gasteiger partial charge in [0.25, 0.3) is 0 Å². The van der Waals surface area contributed by atoms with Crippen LogP contribution in [0.25, 0.3) is 11.0 Å². The molecule has 0 bridgehead atoms. The van der Waals surface area contributed by atoms with Crippen molar-refractivity contribution in [3.63, 3.8) is 0 Å². The predicted molar refractivity (Wildman–Crippen MR) is 167 cm³/mol. The van der Waals surface area contributed by atoms with E-state index in [0.717, 1.165) is 19.3 Å². The zero-order valence-corrected chi connectivity index (χ0v) is 26.2. The summed E-state index contributed by atoms with van der Waals surface area (Å²) >= 11 is 0. The second kappa shape index (κ2) is 19.7. The van der Waals surface area contributed by atoms with Crippen molar-refractivity contribution in [3.05, 3.63) is 34.7 Å². The van der Waals surface area contributed by atoms with Crippen LogP contribution in [0.1, 0.15) is 116 Å². The largest absolute Gasteiger partial charge is 0.504 e. The van der Waals surface area contributed by atoms with Gasteiger partial charge in [0, 0.05) is 23.9 Å². The first kappa shape index (κ1) is 35.8. The summed E-state index contributed by atoms with van der Waals surface area (Å²) in [5, 5.41) is 41.9. The molecule has 1 aromatic heterocycles. The highest BCUT2D eigenvalue weighted by atomic mass is 16.7. The Bertz CT molecular complexity index is 1160. The smallest absolute Gasteiger partial charge is 0.336 e. The number of carbonyl (C=O) groups is 1. The summed E-state index contributed by atoms with van der Waals surface area (Å²) in [6, 6.07) is 5.25. The fourth-order valence-corrected chi connectivity index (χ4v) is 5.52. The molecule has 5 atom stereocenters. The lowest BCUT2D eigenvalue weighted by Gasteiger charge is -2.39. The Balaban J connectivity index is 1.27. The number of aliphatic hydroxyl groups is 3. The highest BCUT2D eigenvalue weighted by Gasteiger charge is 2.45. The molecule has 1 aromatic carbocycles. The standard InChI is InChI=1S/C34H52O10/c1-2-3-4-5-6-7-8-9-10-11-12-13-14-15-16-17-18-29(36)41-23-28-31(38)32(39)33(40)34(44-28)43-27-21-24-19-20-30(37)42-26(24)22-25(27)35/h19-22,28,31-35,38-40H,2-18,23H2,1H3. The highest BCUT2D eigenvalue weighted by molar-refractivity contribution is 5.80. The van der Waals surface area contributed by atoms with Gasteiger partial charge in [0.05, 0.1) is 0 Å². The van der Waals surface area contributed by atoms with Crippen LogP contribution in [0.5, 0.6) is 11.5 Å². The minimum atomic E-state index is -1.65. The van der Waals surface area contributed by atoms with Crippen LogP contribution in [0, 0.1) is 0 Å². The number of fused-ring (bicyclic) bond motifs is 1. The number of ether oxygens (including phenoxy) is 3. The van der Waals surface area contributed by atoms with Gasteiger partial charge in [-0.05, 0) is 18.6 Å². The number of hydrogen-bond acceptors (Lipinski definition) is 10. The summed E-state index contributed by atoms with van der Waals surface area (Å²) in [5.74, 6) is -0.916. The molecule has 5 unspecified atom stereocenters. The molecule has 0 radical (unpaired) electrons. The summed E-state index contributed by atoms with van der Waals surface area (Å²) in [6.45, 7) is 1.92. The third kappa shape index (κ3) is 12.0. The van der Waals surface area contributed by atoms with Crippen molar-refractivity contribution in [1.29, 1.82) is 0 Å². The average Bonchev–Trinajstić information content (AvgIpc) is 3.00. The minimum absolute atomic E-state index is 0.0989. The van der Waals surface area contributed by atoms with Gasteiger partial charge in [-0.1, -0.05) is 103 Å². The van der Waals surface area contributed by atoms with Crippen LogP contribution in [-0.4, -0.2) is 63.7 Å². The van der Waals surface area contributed by atoms with Crippen LogP contribution in [0.2, 0.25) is 0 Å². The molecular weight excluding hydrogens is 568 g/mol. The Kier molecular flexibility index (Phi) is 16.0. The molecule has 10 heteroatoms. The Morgan fingerprint density at radius 2 is 1.34 bits per heavy atom. The molecule has 44 heavy (non-hydrogen) atoms. The molecule has 2 aromatic rings. The van der Waals surface area contributed by atoms with Crippen molar-refractivity contribution in [1.82, 2.24) is 0 Å². The molecule has 2 heterocycles. The molecule has 0 aliphatic carbocycles. The number of rotatable bonds is 21. The van der Waals surface area contributed by atoms with E-state index in [4.69, 9.17) is 18.6 Å². The third-order valence-electron chi connectivity index (χ3n) is 8.26. The molecule has 1 aliphatic rings. The minimum Gasteiger partial charge on any atom is -0.504 e. The van der Waals surface area contributed by atoms with Crippen LogP contribution >= 0.6 is 0 Å². The summed E-state index contributed by atoms with van der Waals surface area (Å²) in [5.41, 5.74) is -0.446. The van der Waals surface area contributed by atoms with Gasteiger partial charge < -0.3 is 39.1 Å². The number of aromatic hydroxyl groups is 1. The second-order valence-electron chi connectivity index (χ2n) is 12.0. The molecule has 4 N–H and O–H groups in total. The topological polar surface area (TPSA) is 156 Å². The summed E-state index contributed by atoms with van der Waals surface area (Å²) in [4.78, 5) is 23.7. The highest BCUT2D eigenvalue weighted by Crippen LogP contribution is 2.34. The lowest BCUT2D eigenvalue weighted by molar-refractivity contribution is -0.278. The van der Waals surface area contributed by atoms with Crippen molar-refractivity contribution in [2.75, 3.05) is 6.61 Å². The van der Waals surface area contributed by atoms with Crippen molar-refractivity contribution < 1.29 is 43.8 Å². The SMILES string of the molecule is CCCCCCCCCCCCCCCCCCC(=O)OCC1OC(Oc2cc3ccc(=O)oc3cc2O)C(O)C(O)C1O. The zero-order chi connectivity index (χ0) is 31.7. The Hall–Kier alpha value is -2.66. The summed E-state index contributed by atoms with van der Waals surface area (Å²) in [7, 11) is 0. The molecule has 1 aliphatic heterocycles. The molecule has 248 valence electrons. The van der Waals surface area contributed by atoms with Gasteiger partial charge in [-0.3, -0.25) is 4.79 Å². The first-order chi connectivity index (χ1) is 21.3. The Morgan fingerprint density at radius 3 is 1.93 bits per heavy atom. The quantitative estimate of drug-likeness (QED) is 0.0755. The lowest BCUT2D eigenvalue weighted by Crippen LogP contribution is -2.60. The van der Waals surface area contributed by atoms with Crippen molar-refractivity contribution in [2.45, 2.75) is 147 Å². The van der Waals surface area contributed by atoms with Gasteiger partial charge in [0.1, 0.15) is 36.6 Å². The van der Waals surface area contributed by atoms with Crippen LogP contribution in [-0.2, 0) is 14.3 Å². The van der Waals surface area contributed by atoms with Gasteiger partial charge in [-0.2, -0.15) is 0 Å². The van der Waals surface area contributed by atoms with Crippen molar-refractivity contribution >= 4 is 16.9 Å². The maximum atomic E-state index is 12.3. The van der Waals surface area contributed by atoms with Crippen molar-refractivity contribution in [2.24, 2.45) is 0 Å². The second-order valence-corrected chi connectivity index (χ2v) is 12.0. The molecule has 3 rings (SSSR count). The average molecular weight is 621 g/mol. The van der Waals surface area contributed by atoms with Crippen molar-refractivity contribution in [3.8, 4) is 11.5 Å². The number of hydrogen-bond donors (Lipinski definition) is 4. The fraction of sp³-hybridized carbons (Fsp3) is 0.706. The monoisotopic (exact) mass is 620 g/mol. The third-order valence-corrected chi connectivity index (χ3v) is 8.26. The number of aliphatic hydroxyl groups excluding tert-OH is 3. The summed E-state index contributed by atoms with van der Waals surface area (Å²) < 4.78 is 21.5. The molecule has 0 saturated carbocycles. The lowest BCUT2D eigenvalue weighted by atomic mass is 9.99. The fourth-order valence-electron chi connectivity index (χ4n) is 5.52. The number of phenolic OH excluding ortho intramolecular Hbond substituents is 1. The van der Waals surface area contributed by atoms with E-state index in [9.17, 15) is 30.0 Å². The van der Waals surface area contributed by atoms with Crippen LogP contribution in [0.3, 0.4) is 0 Å². The Labute approximate surface area is 260 Å². The normalized spacial score (nSPS) is 21.9. The number of carbonyl (C=O) groups excluding carboxylic acids is 1. The van der Waals surface area contributed by atoms with Crippen LogP contribution < -0.4 is 10.4 Å². The van der Waals surface area contributed by atoms with Gasteiger partial charge >= 0.3 is 11.6 Å². The van der Waals surface area contributed by atoms with E-state index in [1.165, 1.54) is 101 Å². The van der Waals surface area contributed by atoms with Crippen LogP contribution in [0.4, 0.5) is 0 Å². The van der Waals surface area contributed by atoms with E-state index in [0.29, 0.717) is 11.8 Å². The van der Waals surface area contributed by atoms with Gasteiger partial charge in [0.2, 0.25) is 6.29 Å². The molecular formula is C34H52O10. The van der Waals surface area contributed by atoms with E-state index in [2.05, 4.69) is 6.92 Å². The van der Waals surface area contributed by atoms with Gasteiger partial charge in [-0.25, -0.2) is 4.79 Å². The van der Waals surface area contributed by atoms with E-state index < -0.39 is 42.3 Å². The molecule has 10 nitrogen and oxygen atoms in total. The van der Waals surface area contributed by atoms with Gasteiger partial charge in [-0.15, -0.1) is 0 Å². The van der Waals surface area contributed by atoms with E-state index in [1.54, 1.807) is 0 Å².